The van der Waals surface area contributed by atoms with Gasteiger partial charge in [-0.3, -0.25) is 9.09 Å². The normalized spacial score (nSPS) is 20.6. The fourth-order valence-electron chi connectivity index (χ4n) is 5.86. The maximum absolute atomic E-state index is 11.4. The number of hydrogen-bond donors (Lipinski definition) is 3. The van der Waals surface area contributed by atoms with Crippen molar-refractivity contribution in [2.75, 3.05) is 26.1 Å². The largest absolute Gasteiger partial charge is 0.469 e. The van der Waals surface area contributed by atoms with Crippen LogP contribution in [0, 0.1) is 0 Å². The maximum atomic E-state index is 11.4. The summed E-state index contributed by atoms with van der Waals surface area (Å²) < 4.78 is 35.4. The molecule has 0 radical (unpaired) electrons. The van der Waals surface area contributed by atoms with E-state index in [0.29, 0.717) is 17.0 Å². The van der Waals surface area contributed by atoms with E-state index in [-0.39, 0.29) is 0 Å². The van der Waals surface area contributed by atoms with E-state index in [4.69, 9.17) is 23.7 Å². The lowest BCUT2D eigenvalue weighted by atomic mass is 9.77. The quantitative estimate of drug-likeness (QED) is 0.144. The molecule has 0 aliphatic carbocycles. The van der Waals surface area contributed by atoms with Gasteiger partial charge in [0.15, 0.2) is 23.2 Å². The van der Waals surface area contributed by atoms with E-state index in [2.05, 4.69) is 51.7 Å². The molecule has 3 heterocycles. The van der Waals surface area contributed by atoms with E-state index in [1.165, 1.54) is 20.5 Å². The molecule has 5 aromatic rings. The van der Waals surface area contributed by atoms with Crippen LogP contribution in [0.25, 0.3) is 11.2 Å². The van der Waals surface area contributed by atoms with Gasteiger partial charge in [0.2, 0.25) is 0 Å². The van der Waals surface area contributed by atoms with Crippen LogP contribution < -0.4 is 5.32 Å². The van der Waals surface area contributed by atoms with E-state index < -0.39 is 44.5 Å². The van der Waals surface area contributed by atoms with Crippen LogP contribution in [-0.4, -0.2) is 68.4 Å². The molecule has 12 nitrogen and oxygen atoms in total. The molecule has 1 fully saturated rings. The van der Waals surface area contributed by atoms with Crippen LogP contribution >= 0.6 is 7.82 Å². The molecule has 0 amide bonds. The number of imidazole rings is 1. The Morgan fingerprint density at radius 1 is 0.841 bits per heavy atom. The van der Waals surface area contributed by atoms with Crippen molar-refractivity contribution in [3.63, 3.8) is 0 Å². The third-order valence-electron chi connectivity index (χ3n) is 7.80. The molecule has 13 heteroatoms. The summed E-state index contributed by atoms with van der Waals surface area (Å²) in [5.41, 5.74) is 3.10. The monoisotopic (exact) mass is 617 g/mol. The first kappa shape index (κ1) is 30.0. The van der Waals surface area contributed by atoms with E-state index >= 15 is 0 Å². The van der Waals surface area contributed by atoms with Crippen LogP contribution in [-0.2, 0) is 28.8 Å². The molecule has 6 rings (SSSR count). The summed E-state index contributed by atoms with van der Waals surface area (Å²) in [6.07, 6.45) is 0.0659. The summed E-state index contributed by atoms with van der Waals surface area (Å²) in [6, 6.07) is 30.4. The van der Waals surface area contributed by atoms with Gasteiger partial charge in [-0.1, -0.05) is 91.0 Å². The summed E-state index contributed by atoms with van der Waals surface area (Å²) in [4.78, 5) is 32.4. The number of hydrogen-bond acceptors (Lipinski definition) is 9. The molecule has 4 atom stereocenters. The predicted molar refractivity (Wildman–Crippen MR) is 162 cm³/mol. The SMILES string of the molecule is CO[C@@H]1[C@H](OC)[C@@H](COP(=O)(O)O)O[C@H]1n1cnc2c(NC(c3ccccc3)(c3ccccc3)c3ccccc3)ncnc21. The number of nitrogens with one attached hydrogen (secondary N) is 1. The summed E-state index contributed by atoms with van der Waals surface area (Å²) in [5.74, 6) is 0.488. The third kappa shape index (κ3) is 5.64. The Kier molecular flexibility index (Phi) is 8.57. The van der Waals surface area contributed by atoms with Gasteiger partial charge < -0.3 is 29.3 Å². The van der Waals surface area contributed by atoms with Gasteiger partial charge in [-0.15, -0.1) is 0 Å². The highest BCUT2D eigenvalue weighted by molar-refractivity contribution is 7.46. The van der Waals surface area contributed by atoms with Gasteiger partial charge in [0.1, 0.15) is 30.2 Å². The Morgan fingerprint density at radius 2 is 1.39 bits per heavy atom. The third-order valence-corrected chi connectivity index (χ3v) is 8.28. The number of methoxy groups -OCH3 is 2. The molecule has 3 aromatic carbocycles. The molecule has 1 saturated heterocycles. The molecule has 1 aliphatic heterocycles. The molecule has 3 N–H and O–H groups in total. The Bertz CT molecular complexity index is 1640. The van der Waals surface area contributed by atoms with Crippen molar-refractivity contribution in [3.8, 4) is 0 Å². The Labute approximate surface area is 253 Å². The first-order chi connectivity index (χ1) is 21.4. The minimum atomic E-state index is -4.73. The highest BCUT2D eigenvalue weighted by Crippen LogP contribution is 2.42. The molecule has 0 saturated carbocycles. The van der Waals surface area contributed by atoms with Crippen molar-refractivity contribution in [2.45, 2.75) is 30.1 Å². The lowest BCUT2D eigenvalue weighted by molar-refractivity contribution is -0.0578. The number of rotatable bonds is 11. The first-order valence-electron chi connectivity index (χ1n) is 13.9. The first-order valence-corrected chi connectivity index (χ1v) is 15.4. The van der Waals surface area contributed by atoms with Gasteiger partial charge in [0.05, 0.1) is 12.9 Å². The Balaban J connectivity index is 1.45. The minimum Gasteiger partial charge on any atom is -0.376 e. The highest BCUT2D eigenvalue weighted by Gasteiger charge is 2.48. The molecule has 2 aromatic heterocycles. The van der Waals surface area contributed by atoms with Gasteiger partial charge in [-0.25, -0.2) is 19.5 Å². The molecule has 0 bridgehead atoms. The van der Waals surface area contributed by atoms with E-state index in [0.717, 1.165) is 16.7 Å². The summed E-state index contributed by atoms with van der Waals surface area (Å²) >= 11 is 0. The van der Waals surface area contributed by atoms with Gasteiger partial charge in [0.25, 0.3) is 0 Å². The van der Waals surface area contributed by atoms with Crippen LogP contribution in [0.4, 0.5) is 5.82 Å². The van der Waals surface area contributed by atoms with E-state index in [9.17, 15) is 14.4 Å². The molecule has 44 heavy (non-hydrogen) atoms. The van der Waals surface area contributed by atoms with Crippen molar-refractivity contribution in [3.05, 3.63) is 120 Å². The fourth-order valence-corrected chi connectivity index (χ4v) is 6.20. The summed E-state index contributed by atoms with van der Waals surface area (Å²) in [6.45, 7) is -0.401. The number of anilines is 1. The molecular weight excluding hydrogens is 585 g/mol. The standard InChI is InChI=1S/C31H32N5O7P/c1-40-26-24(18-42-44(37,38)39)43-30(27(26)41-2)36-20-34-25-28(32-19-33-29(25)36)35-31(21-12-6-3-7-13-21,22-14-8-4-9-15-22)23-16-10-5-11-17-23/h3-17,19-20,24,26-27,30H,18H2,1-2H3,(H,32,33,35)(H2,37,38,39)/t24-,26-,27-,30-/m1/s1. The van der Waals surface area contributed by atoms with Gasteiger partial charge in [-0.05, 0) is 16.7 Å². The Morgan fingerprint density at radius 3 is 1.89 bits per heavy atom. The van der Waals surface area contributed by atoms with Gasteiger partial charge in [0, 0.05) is 14.2 Å². The zero-order valence-electron chi connectivity index (χ0n) is 24.0. The van der Waals surface area contributed by atoms with Crippen LogP contribution in [0.3, 0.4) is 0 Å². The number of phosphoric ester groups is 1. The van der Waals surface area contributed by atoms with Crippen LogP contribution in [0.1, 0.15) is 22.9 Å². The van der Waals surface area contributed by atoms with Crippen LogP contribution in [0.15, 0.2) is 104 Å². The predicted octanol–water partition coefficient (Wildman–Crippen LogP) is 4.27. The molecule has 0 spiro atoms. The lowest BCUT2D eigenvalue weighted by Gasteiger charge is -2.37. The minimum absolute atomic E-state index is 0.401. The van der Waals surface area contributed by atoms with Crippen molar-refractivity contribution in [1.29, 1.82) is 0 Å². The number of aromatic nitrogens is 4. The zero-order valence-corrected chi connectivity index (χ0v) is 24.9. The second-order valence-electron chi connectivity index (χ2n) is 10.3. The number of nitrogens with zero attached hydrogens (tertiary/aromatic N) is 4. The number of fused-ring (bicyclic) bond motifs is 1. The molecule has 1 aliphatic rings. The lowest BCUT2D eigenvalue weighted by Crippen LogP contribution is -2.38. The molecule has 228 valence electrons. The van der Waals surface area contributed by atoms with Crippen molar-refractivity contribution >= 4 is 24.8 Å². The van der Waals surface area contributed by atoms with Crippen LogP contribution in [0.2, 0.25) is 0 Å². The number of ether oxygens (including phenoxy) is 3. The maximum Gasteiger partial charge on any atom is 0.469 e. The summed E-state index contributed by atoms with van der Waals surface area (Å²) in [5, 5.41) is 3.75. The smallest absolute Gasteiger partial charge is 0.376 e. The summed E-state index contributed by atoms with van der Waals surface area (Å²) in [7, 11) is -1.75. The topological polar surface area (TPSA) is 150 Å². The number of phosphoric acid groups is 1. The van der Waals surface area contributed by atoms with Crippen LogP contribution in [0.5, 0.6) is 0 Å². The highest BCUT2D eigenvalue weighted by atomic mass is 31.2. The van der Waals surface area contributed by atoms with Crippen molar-refractivity contribution in [1.82, 2.24) is 19.5 Å². The fraction of sp³-hybridized carbons (Fsp3) is 0.258. The van der Waals surface area contributed by atoms with Gasteiger partial charge >= 0.3 is 7.82 Å². The second-order valence-corrected chi connectivity index (χ2v) is 11.5. The average Bonchev–Trinajstić information content (AvgIpc) is 3.65. The van der Waals surface area contributed by atoms with E-state index in [1.54, 1.807) is 10.9 Å². The zero-order chi connectivity index (χ0) is 30.7. The van der Waals surface area contributed by atoms with Crippen molar-refractivity contribution in [2.24, 2.45) is 0 Å². The molecular formula is C31H32N5O7P. The van der Waals surface area contributed by atoms with Gasteiger partial charge in [-0.2, -0.15) is 0 Å². The number of benzene rings is 3. The van der Waals surface area contributed by atoms with Crippen molar-refractivity contribution < 1.29 is 33.1 Å². The van der Waals surface area contributed by atoms with E-state index in [1.807, 2.05) is 54.6 Å². The Hall–Kier alpha value is -4.00. The average molecular weight is 618 g/mol. The molecule has 0 unspecified atom stereocenters. The second kappa shape index (κ2) is 12.5.